The van der Waals surface area contributed by atoms with Gasteiger partial charge in [-0.2, -0.15) is 5.10 Å². The van der Waals surface area contributed by atoms with Crippen LogP contribution in [0, 0.1) is 13.8 Å². The van der Waals surface area contributed by atoms with Gasteiger partial charge in [-0.1, -0.05) is 6.07 Å². The third-order valence-corrected chi connectivity index (χ3v) is 4.73. The lowest BCUT2D eigenvalue weighted by Gasteiger charge is -2.07. The van der Waals surface area contributed by atoms with Crippen LogP contribution in [-0.2, 0) is 13.1 Å². The number of nitrogens with one attached hydrogen (secondary N) is 1. The molecule has 1 aromatic carbocycles. The smallest absolute Gasteiger partial charge is 0.269 e. The Morgan fingerprint density at radius 2 is 2.08 bits per heavy atom. The molecule has 4 rings (SSSR count). The van der Waals surface area contributed by atoms with E-state index in [0.29, 0.717) is 24.8 Å². The fraction of sp³-hybridized carbons (Fsp3) is 0.421. The second-order valence-corrected chi connectivity index (χ2v) is 6.75. The summed E-state index contributed by atoms with van der Waals surface area (Å²) in [5, 5.41) is 7.31. The van der Waals surface area contributed by atoms with Crippen molar-refractivity contribution in [2.45, 2.75) is 52.7 Å². The third-order valence-electron chi connectivity index (χ3n) is 4.73. The van der Waals surface area contributed by atoms with E-state index in [0.717, 1.165) is 22.6 Å². The maximum Gasteiger partial charge on any atom is 0.269 e. The topological polar surface area (TPSA) is 64.7 Å². The van der Waals surface area contributed by atoms with Gasteiger partial charge < -0.3 is 9.88 Å². The van der Waals surface area contributed by atoms with Crippen molar-refractivity contribution >= 4 is 16.9 Å². The van der Waals surface area contributed by atoms with Gasteiger partial charge in [0.15, 0.2) is 0 Å². The number of fused-ring (bicyclic) bond motifs is 1. The van der Waals surface area contributed by atoms with Crippen molar-refractivity contribution in [3.63, 3.8) is 0 Å². The fourth-order valence-corrected chi connectivity index (χ4v) is 3.41. The highest BCUT2D eigenvalue weighted by molar-refractivity contribution is 5.92. The second-order valence-electron chi connectivity index (χ2n) is 6.75. The molecule has 3 aromatic rings. The lowest BCUT2D eigenvalue weighted by molar-refractivity contribution is 0.0940. The maximum atomic E-state index is 12.4. The van der Waals surface area contributed by atoms with Crippen molar-refractivity contribution in [3.05, 3.63) is 47.0 Å². The number of aromatic nitrogens is 4. The molecule has 1 aliphatic rings. The van der Waals surface area contributed by atoms with Crippen LogP contribution in [0.2, 0.25) is 0 Å². The zero-order valence-electron chi connectivity index (χ0n) is 14.9. The SMILES string of the molecule is CCn1nc(C)cc1C(=O)NCc1ccc2c(c1)nc(C)n2C1CC1. The minimum absolute atomic E-state index is 0.0952. The van der Waals surface area contributed by atoms with Crippen LogP contribution in [0.1, 0.15) is 53.4 Å². The number of hydrogen-bond acceptors (Lipinski definition) is 3. The van der Waals surface area contributed by atoms with Gasteiger partial charge in [0.2, 0.25) is 0 Å². The molecular formula is C19H23N5O. The molecule has 1 N–H and O–H groups in total. The molecule has 0 spiro atoms. The van der Waals surface area contributed by atoms with Gasteiger partial charge in [0.25, 0.3) is 5.91 Å². The van der Waals surface area contributed by atoms with Gasteiger partial charge in [-0.05, 0) is 57.4 Å². The number of benzene rings is 1. The number of carbonyl (C=O) groups excluding carboxylic acids is 1. The lowest BCUT2D eigenvalue weighted by Crippen LogP contribution is -2.25. The Balaban J connectivity index is 1.52. The highest BCUT2D eigenvalue weighted by Gasteiger charge is 2.26. The van der Waals surface area contributed by atoms with Crippen molar-refractivity contribution in [3.8, 4) is 0 Å². The van der Waals surface area contributed by atoms with Gasteiger partial charge in [0.05, 0.1) is 16.7 Å². The molecule has 1 saturated carbocycles. The van der Waals surface area contributed by atoms with Crippen LogP contribution in [-0.4, -0.2) is 25.2 Å². The van der Waals surface area contributed by atoms with E-state index in [1.165, 1.54) is 18.4 Å². The first-order chi connectivity index (χ1) is 12.1. The predicted molar refractivity (Wildman–Crippen MR) is 96.5 cm³/mol. The minimum Gasteiger partial charge on any atom is -0.347 e. The number of rotatable bonds is 5. The van der Waals surface area contributed by atoms with Crippen LogP contribution in [0.25, 0.3) is 11.0 Å². The Morgan fingerprint density at radius 1 is 1.28 bits per heavy atom. The second kappa shape index (κ2) is 6.02. The van der Waals surface area contributed by atoms with E-state index >= 15 is 0 Å². The van der Waals surface area contributed by atoms with Crippen LogP contribution >= 0.6 is 0 Å². The summed E-state index contributed by atoms with van der Waals surface area (Å²) >= 11 is 0. The summed E-state index contributed by atoms with van der Waals surface area (Å²) in [7, 11) is 0. The zero-order valence-corrected chi connectivity index (χ0v) is 14.9. The summed E-state index contributed by atoms with van der Waals surface area (Å²) in [6.45, 7) is 7.11. The first-order valence-corrected chi connectivity index (χ1v) is 8.87. The van der Waals surface area contributed by atoms with Crippen LogP contribution in [0.4, 0.5) is 0 Å². The van der Waals surface area contributed by atoms with E-state index in [4.69, 9.17) is 0 Å². The van der Waals surface area contributed by atoms with Crippen LogP contribution < -0.4 is 5.32 Å². The Hall–Kier alpha value is -2.63. The molecule has 0 bridgehead atoms. The summed E-state index contributed by atoms with van der Waals surface area (Å²) < 4.78 is 4.06. The first kappa shape index (κ1) is 15.9. The number of carbonyl (C=O) groups is 1. The minimum atomic E-state index is -0.0952. The highest BCUT2D eigenvalue weighted by atomic mass is 16.2. The van der Waals surface area contributed by atoms with Crippen LogP contribution in [0.3, 0.4) is 0 Å². The Morgan fingerprint density at radius 3 is 2.80 bits per heavy atom. The maximum absolute atomic E-state index is 12.4. The highest BCUT2D eigenvalue weighted by Crippen LogP contribution is 2.38. The average Bonchev–Trinajstić information content (AvgIpc) is 3.27. The molecule has 130 valence electrons. The van der Waals surface area contributed by atoms with Crippen molar-refractivity contribution in [1.82, 2.24) is 24.6 Å². The third kappa shape index (κ3) is 2.92. The van der Waals surface area contributed by atoms with Gasteiger partial charge >= 0.3 is 0 Å². The first-order valence-electron chi connectivity index (χ1n) is 8.87. The van der Waals surface area contributed by atoms with Crippen LogP contribution in [0.15, 0.2) is 24.3 Å². The molecule has 6 nitrogen and oxygen atoms in total. The van der Waals surface area contributed by atoms with Crippen molar-refractivity contribution in [2.24, 2.45) is 0 Å². The molecule has 1 fully saturated rings. The summed E-state index contributed by atoms with van der Waals surface area (Å²) in [4.78, 5) is 17.1. The Bertz CT molecular complexity index is 948. The summed E-state index contributed by atoms with van der Waals surface area (Å²) in [6.07, 6.45) is 2.49. The molecule has 0 radical (unpaired) electrons. The molecule has 25 heavy (non-hydrogen) atoms. The standard InChI is InChI=1S/C19H23N5O/c1-4-23-18(9-12(2)22-23)19(25)20-11-14-5-8-17-16(10-14)21-13(3)24(17)15-6-7-15/h5,8-10,15H,4,6-7,11H2,1-3H3,(H,20,25). The predicted octanol–water partition coefficient (Wildman–Crippen LogP) is 3.13. The van der Waals surface area contributed by atoms with E-state index < -0.39 is 0 Å². The molecule has 1 amide bonds. The van der Waals surface area contributed by atoms with Crippen molar-refractivity contribution < 1.29 is 4.79 Å². The van der Waals surface area contributed by atoms with Crippen LogP contribution in [0.5, 0.6) is 0 Å². The molecule has 2 aromatic heterocycles. The van der Waals surface area contributed by atoms with Gasteiger partial charge in [-0.3, -0.25) is 9.48 Å². The van der Waals surface area contributed by atoms with Gasteiger partial charge in [-0.15, -0.1) is 0 Å². The van der Waals surface area contributed by atoms with Gasteiger partial charge in [-0.25, -0.2) is 4.98 Å². The summed E-state index contributed by atoms with van der Waals surface area (Å²) in [6, 6.07) is 8.71. The van der Waals surface area contributed by atoms with E-state index in [2.05, 4.69) is 45.1 Å². The fourth-order valence-electron chi connectivity index (χ4n) is 3.41. The van der Waals surface area contributed by atoms with Crippen molar-refractivity contribution in [1.29, 1.82) is 0 Å². The zero-order chi connectivity index (χ0) is 17.6. The lowest BCUT2D eigenvalue weighted by atomic mass is 10.2. The number of amides is 1. The molecule has 0 saturated heterocycles. The number of imidazole rings is 1. The summed E-state index contributed by atoms with van der Waals surface area (Å²) in [5.41, 5.74) is 4.71. The number of aryl methyl sites for hydroxylation is 3. The van der Waals surface area contributed by atoms with Gasteiger partial charge in [0, 0.05) is 19.1 Å². The average molecular weight is 337 g/mol. The van der Waals surface area contributed by atoms with E-state index in [1.54, 1.807) is 4.68 Å². The molecule has 0 atom stereocenters. The molecule has 0 unspecified atom stereocenters. The quantitative estimate of drug-likeness (QED) is 0.778. The molecule has 0 aliphatic heterocycles. The Labute approximate surface area is 146 Å². The molecule has 6 heteroatoms. The monoisotopic (exact) mass is 337 g/mol. The van der Waals surface area contributed by atoms with E-state index in [-0.39, 0.29) is 5.91 Å². The molecule has 2 heterocycles. The molecule has 1 aliphatic carbocycles. The summed E-state index contributed by atoms with van der Waals surface area (Å²) in [5.74, 6) is 0.975. The van der Waals surface area contributed by atoms with Gasteiger partial charge in [0.1, 0.15) is 11.5 Å². The largest absolute Gasteiger partial charge is 0.347 e. The van der Waals surface area contributed by atoms with E-state index in [1.807, 2.05) is 19.9 Å². The number of hydrogen-bond donors (Lipinski definition) is 1. The van der Waals surface area contributed by atoms with Crippen molar-refractivity contribution in [2.75, 3.05) is 0 Å². The van der Waals surface area contributed by atoms with E-state index in [9.17, 15) is 4.79 Å². The molecular weight excluding hydrogens is 314 g/mol. The number of nitrogens with zero attached hydrogens (tertiary/aromatic N) is 4. The Kier molecular flexibility index (Phi) is 3.82. The normalized spacial score (nSPS) is 14.2.